The summed E-state index contributed by atoms with van der Waals surface area (Å²) in [5.74, 6) is -1.88. The largest absolute Gasteiger partial charge is 0.484 e. The number of halogens is 1. The number of carbonyl (C=O) groups is 2. The Balaban J connectivity index is 2.91. The molecule has 0 spiro atoms. The molecule has 0 saturated carbocycles. The van der Waals surface area contributed by atoms with E-state index in [1.807, 2.05) is 6.92 Å². The Morgan fingerprint density at radius 1 is 1.40 bits per heavy atom. The maximum Gasteiger partial charge on any atom is 0.340 e. The van der Waals surface area contributed by atoms with E-state index in [1.165, 1.54) is 13.1 Å². The molecular formula is C13H17FN2O4. The van der Waals surface area contributed by atoms with E-state index >= 15 is 0 Å². The van der Waals surface area contributed by atoms with E-state index in [0.29, 0.717) is 6.42 Å². The number of carbonyl (C=O) groups excluding carboxylic acids is 2. The summed E-state index contributed by atoms with van der Waals surface area (Å²) >= 11 is 0. The van der Waals surface area contributed by atoms with Crippen molar-refractivity contribution in [2.24, 2.45) is 0 Å². The third-order valence-corrected chi connectivity index (χ3v) is 2.41. The van der Waals surface area contributed by atoms with Gasteiger partial charge in [-0.15, -0.1) is 0 Å². The van der Waals surface area contributed by atoms with Gasteiger partial charge in [-0.25, -0.2) is 9.18 Å². The Bertz CT molecular complexity index is 505. The summed E-state index contributed by atoms with van der Waals surface area (Å²) in [5.41, 5.74) is 5.07. The van der Waals surface area contributed by atoms with E-state index in [0.717, 1.165) is 6.07 Å². The van der Waals surface area contributed by atoms with Crippen molar-refractivity contribution in [1.29, 1.82) is 0 Å². The predicted octanol–water partition coefficient (Wildman–Crippen LogP) is 1.10. The summed E-state index contributed by atoms with van der Waals surface area (Å²) < 4.78 is 23.6. The summed E-state index contributed by atoms with van der Waals surface area (Å²) in [5, 5.41) is 2.35. The van der Waals surface area contributed by atoms with Crippen LogP contribution in [0.2, 0.25) is 0 Å². The highest BCUT2D eigenvalue weighted by Gasteiger charge is 2.17. The number of amides is 1. The van der Waals surface area contributed by atoms with Gasteiger partial charge in [0.05, 0.1) is 17.9 Å². The van der Waals surface area contributed by atoms with Crippen LogP contribution in [0, 0.1) is 5.82 Å². The zero-order chi connectivity index (χ0) is 15.1. The van der Waals surface area contributed by atoms with Crippen LogP contribution >= 0.6 is 0 Å². The van der Waals surface area contributed by atoms with Crippen LogP contribution in [-0.2, 0) is 9.53 Å². The first-order chi connectivity index (χ1) is 9.49. The Morgan fingerprint density at radius 3 is 2.70 bits per heavy atom. The minimum Gasteiger partial charge on any atom is -0.484 e. The number of benzene rings is 1. The number of likely N-dealkylation sites (N-methyl/N-ethyl adjacent to an activating group) is 1. The molecule has 0 heterocycles. The van der Waals surface area contributed by atoms with Crippen LogP contribution in [-0.4, -0.2) is 32.1 Å². The molecule has 110 valence electrons. The second kappa shape index (κ2) is 7.32. The van der Waals surface area contributed by atoms with Crippen LogP contribution in [0.5, 0.6) is 5.75 Å². The standard InChI is InChI=1S/C13H17FN2O4/c1-3-4-19-13(18)9-5-8(6-10(14)12(9)15)20-7-11(17)16-2/h5-6H,3-4,7,15H2,1-2H3,(H,16,17). The molecule has 0 aliphatic rings. The number of anilines is 1. The van der Waals surface area contributed by atoms with E-state index in [9.17, 15) is 14.0 Å². The summed E-state index contributed by atoms with van der Waals surface area (Å²) in [7, 11) is 1.45. The lowest BCUT2D eigenvalue weighted by atomic mass is 10.1. The van der Waals surface area contributed by atoms with E-state index < -0.39 is 11.8 Å². The molecule has 1 amide bonds. The summed E-state index contributed by atoms with van der Waals surface area (Å²) in [6.07, 6.45) is 0.640. The van der Waals surface area contributed by atoms with Crippen molar-refractivity contribution >= 4 is 17.6 Å². The van der Waals surface area contributed by atoms with Gasteiger partial charge in [-0.2, -0.15) is 0 Å². The molecule has 1 rings (SSSR count). The second-order valence-electron chi connectivity index (χ2n) is 3.96. The third-order valence-electron chi connectivity index (χ3n) is 2.41. The van der Waals surface area contributed by atoms with Gasteiger partial charge in [0.15, 0.2) is 12.4 Å². The topological polar surface area (TPSA) is 90.6 Å². The normalized spacial score (nSPS) is 9.95. The van der Waals surface area contributed by atoms with Gasteiger partial charge in [0, 0.05) is 13.1 Å². The molecular weight excluding hydrogens is 267 g/mol. The second-order valence-corrected chi connectivity index (χ2v) is 3.96. The minimum atomic E-state index is -0.803. The zero-order valence-corrected chi connectivity index (χ0v) is 11.4. The molecule has 3 N–H and O–H groups in total. The Kier molecular flexibility index (Phi) is 5.76. The quantitative estimate of drug-likeness (QED) is 0.603. The number of hydrogen-bond donors (Lipinski definition) is 2. The molecule has 0 saturated heterocycles. The molecule has 1 aromatic rings. The van der Waals surface area contributed by atoms with Gasteiger partial charge in [0.1, 0.15) is 5.75 Å². The maximum atomic E-state index is 13.6. The average Bonchev–Trinajstić information content (AvgIpc) is 2.45. The first kappa shape index (κ1) is 15.7. The highest BCUT2D eigenvalue weighted by Crippen LogP contribution is 2.24. The van der Waals surface area contributed by atoms with Gasteiger partial charge in [0.2, 0.25) is 0 Å². The van der Waals surface area contributed by atoms with Gasteiger partial charge in [0.25, 0.3) is 5.91 Å². The lowest BCUT2D eigenvalue weighted by Crippen LogP contribution is -2.25. The molecule has 0 fully saturated rings. The SMILES string of the molecule is CCCOC(=O)c1cc(OCC(=O)NC)cc(F)c1N. The van der Waals surface area contributed by atoms with Crippen molar-refractivity contribution in [2.45, 2.75) is 13.3 Å². The van der Waals surface area contributed by atoms with Crippen LogP contribution in [0.4, 0.5) is 10.1 Å². The number of nitrogens with two attached hydrogens (primary N) is 1. The van der Waals surface area contributed by atoms with Crippen molar-refractivity contribution in [3.05, 3.63) is 23.5 Å². The maximum absolute atomic E-state index is 13.6. The minimum absolute atomic E-state index is 0.0312. The van der Waals surface area contributed by atoms with Gasteiger partial charge in [-0.1, -0.05) is 6.92 Å². The lowest BCUT2D eigenvalue weighted by molar-refractivity contribution is -0.122. The van der Waals surface area contributed by atoms with Gasteiger partial charge in [-0.3, -0.25) is 4.79 Å². The zero-order valence-electron chi connectivity index (χ0n) is 11.4. The number of nitrogen functional groups attached to an aromatic ring is 1. The Morgan fingerprint density at radius 2 is 2.10 bits per heavy atom. The monoisotopic (exact) mass is 284 g/mol. The predicted molar refractivity (Wildman–Crippen MR) is 70.9 cm³/mol. The third kappa shape index (κ3) is 4.11. The van der Waals surface area contributed by atoms with E-state index in [4.69, 9.17) is 15.2 Å². The molecule has 0 radical (unpaired) electrons. The van der Waals surface area contributed by atoms with E-state index in [-0.39, 0.29) is 36.1 Å². The number of hydrogen-bond acceptors (Lipinski definition) is 5. The molecule has 1 aromatic carbocycles. The molecule has 0 unspecified atom stereocenters. The van der Waals surface area contributed by atoms with Crippen LogP contribution in [0.3, 0.4) is 0 Å². The molecule has 0 aliphatic heterocycles. The van der Waals surface area contributed by atoms with Crippen LogP contribution in [0.15, 0.2) is 12.1 Å². The average molecular weight is 284 g/mol. The molecule has 6 nitrogen and oxygen atoms in total. The fraction of sp³-hybridized carbons (Fsp3) is 0.385. The smallest absolute Gasteiger partial charge is 0.340 e. The van der Waals surface area contributed by atoms with Gasteiger partial charge >= 0.3 is 5.97 Å². The van der Waals surface area contributed by atoms with Crippen molar-refractivity contribution in [3.63, 3.8) is 0 Å². The number of ether oxygens (including phenoxy) is 2. The highest BCUT2D eigenvalue weighted by molar-refractivity contribution is 5.95. The fourth-order valence-electron chi connectivity index (χ4n) is 1.34. The van der Waals surface area contributed by atoms with Crippen molar-refractivity contribution < 1.29 is 23.5 Å². The fourth-order valence-corrected chi connectivity index (χ4v) is 1.34. The van der Waals surface area contributed by atoms with Crippen molar-refractivity contribution in [3.8, 4) is 5.75 Å². The van der Waals surface area contributed by atoms with Crippen LogP contribution < -0.4 is 15.8 Å². The molecule has 0 atom stereocenters. The molecule has 20 heavy (non-hydrogen) atoms. The van der Waals surface area contributed by atoms with Crippen LogP contribution in [0.1, 0.15) is 23.7 Å². The van der Waals surface area contributed by atoms with Crippen molar-refractivity contribution in [2.75, 3.05) is 26.0 Å². The van der Waals surface area contributed by atoms with Crippen LogP contribution in [0.25, 0.3) is 0 Å². The van der Waals surface area contributed by atoms with Crippen molar-refractivity contribution in [1.82, 2.24) is 5.32 Å². The van der Waals surface area contributed by atoms with Gasteiger partial charge < -0.3 is 20.5 Å². The molecule has 0 aliphatic carbocycles. The van der Waals surface area contributed by atoms with E-state index in [1.54, 1.807) is 0 Å². The summed E-state index contributed by atoms with van der Waals surface area (Å²) in [6, 6.07) is 2.26. The number of nitrogens with one attached hydrogen (secondary N) is 1. The Hall–Kier alpha value is -2.31. The summed E-state index contributed by atoms with van der Waals surface area (Å²) in [6.45, 7) is 1.76. The Labute approximate surface area is 116 Å². The summed E-state index contributed by atoms with van der Waals surface area (Å²) in [4.78, 5) is 22.8. The highest BCUT2D eigenvalue weighted by atomic mass is 19.1. The molecule has 0 aromatic heterocycles. The van der Waals surface area contributed by atoms with Gasteiger partial charge in [-0.05, 0) is 12.5 Å². The lowest BCUT2D eigenvalue weighted by Gasteiger charge is -2.10. The molecule has 7 heteroatoms. The first-order valence-corrected chi connectivity index (χ1v) is 6.09. The number of esters is 1. The first-order valence-electron chi connectivity index (χ1n) is 6.09. The van der Waals surface area contributed by atoms with E-state index in [2.05, 4.69) is 5.32 Å². The molecule has 0 bridgehead atoms. The number of rotatable bonds is 6.